The lowest BCUT2D eigenvalue weighted by Gasteiger charge is -2.03. The number of carbonyl (C=O) groups excluding carboxylic acids is 1. The van der Waals surface area contributed by atoms with Crippen molar-refractivity contribution in [1.82, 2.24) is 9.97 Å². The van der Waals surface area contributed by atoms with E-state index in [1.165, 1.54) is 12.1 Å². The maximum atomic E-state index is 12.8. The number of carbonyl (C=O) groups is 1. The summed E-state index contributed by atoms with van der Waals surface area (Å²) in [6.07, 6.45) is 2.65. The van der Waals surface area contributed by atoms with Gasteiger partial charge < -0.3 is 16.0 Å². The molecule has 100 valence electrons. The van der Waals surface area contributed by atoms with Crippen LogP contribution < -0.4 is 11.1 Å². The second-order valence-corrected chi connectivity index (χ2v) is 4.32. The number of anilines is 2. The molecule has 0 aliphatic heterocycles. The standard InChI is InChI=1S/C14H11FN4O/c15-8-1-4-13(18-6-8)19-14(20)11-7-17-12-5-9(16)2-3-10(11)12/h1-7,17H,16H2,(H,18,19,20). The molecule has 0 saturated heterocycles. The van der Waals surface area contributed by atoms with Crippen LogP contribution in [-0.2, 0) is 0 Å². The quantitative estimate of drug-likeness (QED) is 0.626. The molecule has 0 spiro atoms. The Morgan fingerprint density at radius 1 is 1.30 bits per heavy atom. The van der Waals surface area contributed by atoms with Crippen molar-refractivity contribution < 1.29 is 9.18 Å². The number of pyridine rings is 1. The molecule has 4 N–H and O–H groups in total. The van der Waals surface area contributed by atoms with Gasteiger partial charge in [-0.2, -0.15) is 0 Å². The molecule has 0 bridgehead atoms. The Bertz CT molecular complexity index is 779. The van der Waals surface area contributed by atoms with Crippen molar-refractivity contribution in [2.45, 2.75) is 0 Å². The SMILES string of the molecule is Nc1ccc2c(C(=O)Nc3ccc(F)cn3)c[nH]c2c1. The number of nitrogens with two attached hydrogens (primary N) is 1. The van der Waals surface area contributed by atoms with Gasteiger partial charge in [0.25, 0.3) is 5.91 Å². The Morgan fingerprint density at radius 3 is 2.90 bits per heavy atom. The second-order valence-electron chi connectivity index (χ2n) is 4.32. The maximum Gasteiger partial charge on any atom is 0.258 e. The molecule has 0 fully saturated rings. The van der Waals surface area contributed by atoms with Crippen LogP contribution in [0.5, 0.6) is 0 Å². The highest BCUT2D eigenvalue weighted by molar-refractivity contribution is 6.12. The number of hydrogen-bond donors (Lipinski definition) is 3. The first-order valence-electron chi connectivity index (χ1n) is 5.93. The van der Waals surface area contributed by atoms with Crippen molar-refractivity contribution in [2.75, 3.05) is 11.1 Å². The van der Waals surface area contributed by atoms with E-state index >= 15 is 0 Å². The molecular weight excluding hydrogens is 259 g/mol. The lowest BCUT2D eigenvalue weighted by Crippen LogP contribution is -2.12. The number of nitrogens with one attached hydrogen (secondary N) is 2. The summed E-state index contributed by atoms with van der Waals surface area (Å²) in [6.45, 7) is 0. The molecule has 0 atom stereocenters. The molecule has 20 heavy (non-hydrogen) atoms. The van der Waals surface area contributed by atoms with Crippen molar-refractivity contribution in [3.8, 4) is 0 Å². The number of fused-ring (bicyclic) bond motifs is 1. The summed E-state index contributed by atoms with van der Waals surface area (Å²) in [5.74, 6) is -0.480. The molecule has 0 unspecified atom stereocenters. The Kier molecular flexibility index (Phi) is 2.83. The average molecular weight is 270 g/mol. The Balaban J connectivity index is 1.91. The van der Waals surface area contributed by atoms with Crippen LogP contribution in [0.15, 0.2) is 42.7 Å². The van der Waals surface area contributed by atoms with E-state index in [0.29, 0.717) is 17.1 Å². The van der Waals surface area contributed by atoms with Crippen molar-refractivity contribution in [3.05, 3.63) is 54.1 Å². The molecule has 1 aromatic carbocycles. The van der Waals surface area contributed by atoms with Gasteiger partial charge in [-0.1, -0.05) is 0 Å². The zero-order chi connectivity index (χ0) is 14.1. The third-order valence-corrected chi connectivity index (χ3v) is 2.92. The molecule has 0 aliphatic rings. The highest BCUT2D eigenvalue weighted by Crippen LogP contribution is 2.21. The van der Waals surface area contributed by atoms with E-state index < -0.39 is 5.82 Å². The smallest absolute Gasteiger partial charge is 0.258 e. The van der Waals surface area contributed by atoms with E-state index in [4.69, 9.17) is 5.73 Å². The Labute approximate surface area is 113 Å². The third kappa shape index (κ3) is 2.18. The summed E-state index contributed by atoms with van der Waals surface area (Å²) in [4.78, 5) is 18.9. The Morgan fingerprint density at radius 2 is 2.15 bits per heavy atom. The summed E-state index contributed by atoms with van der Waals surface area (Å²) < 4.78 is 12.8. The van der Waals surface area contributed by atoms with E-state index in [2.05, 4.69) is 15.3 Å². The zero-order valence-electron chi connectivity index (χ0n) is 10.4. The van der Waals surface area contributed by atoms with E-state index in [0.717, 1.165) is 17.1 Å². The number of halogens is 1. The number of hydrogen-bond acceptors (Lipinski definition) is 3. The van der Waals surface area contributed by atoms with Gasteiger partial charge in [0.15, 0.2) is 0 Å². The van der Waals surface area contributed by atoms with E-state index in [-0.39, 0.29) is 5.91 Å². The van der Waals surface area contributed by atoms with Gasteiger partial charge in [0.1, 0.15) is 11.6 Å². The fourth-order valence-corrected chi connectivity index (χ4v) is 1.97. The zero-order valence-corrected chi connectivity index (χ0v) is 10.4. The number of rotatable bonds is 2. The number of nitrogen functional groups attached to an aromatic ring is 1. The minimum atomic E-state index is -0.453. The van der Waals surface area contributed by atoms with Gasteiger partial charge in [-0.05, 0) is 30.3 Å². The third-order valence-electron chi connectivity index (χ3n) is 2.92. The van der Waals surface area contributed by atoms with Gasteiger partial charge in [0, 0.05) is 22.8 Å². The van der Waals surface area contributed by atoms with Gasteiger partial charge in [0.2, 0.25) is 0 Å². The largest absolute Gasteiger partial charge is 0.399 e. The highest BCUT2D eigenvalue weighted by atomic mass is 19.1. The molecule has 0 aliphatic carbocycles. The van der Waals surface area contributed by atoms with Gasteiger partial charge in [-0.25, -0.2) is 9.37 Å². The molecule has 5 nitrogen and oxygen atoms in total. The summed E-state index contributed by atoms with van der Waals surface area (Å²) in [5.41, 5.74) is 7.56. The molecule has 0 radical (unpaired) electrons. The molecule has 2 heterocycles. The maximum absolute atomic E-state index is 12.8. The number of nitrogens with zero attached hydrogens (tertiary/aromatic N) is 1. The van der Waals surface area contributed by atoms with Crippen LogP contribution in [0.4, 0.5) is 15.9 Å². The number of benzene rings is 1. The number of aromatic amines is 1. The van der Waals surface area contributed by atoms with Crippen LogP contribution in [-0.4, -0.2) is 15.9 Å². The van der Waals surface area contributed by atoms with Gasteiger partial charge in [0.05, 0.1) is 11.8 Å². The lowest BCUT2D eigenvalue weighted by atomic mass is 10.1. The van der Waals surface area contributed by atoms with Crippen LogP contribution in [0, 0.1) is 5.82 Å². The molecule has 0 saturated carbocycles. The van der Waals surface area contributed by atoms with Crippen molar-refractivity contribution >= 4 is 28.3 Å². The summed E-state index contributed by atoms with van der Waals surface area (Å²) in [5, 5.41) is 3.37. The molecule has 3 rings (SSSR count). The molecule has 1 amide bonds. The predicted octanol–water partition coefficient (Wildman–Crippen LogP) is 2.54. The van der Waals surface area contributed by atoms with Crippen LogP contribution in [0.1, 0.15) is 10.4 Å². The number of aromatic nitrogens is 2. The van der Waals surface area contributed by atoms with Crippen LogP contribution in [0.2, 0.25) is 0 Å². The first-order chi connectivity index (χ1) is 9.63. The first kappa shape index (κ1) is 12.2. The fourth-order valence-electron chi connectivity index (χ4n) is 1.97. The van der Waals surface area contributed by atoms with Crippen LogP contribution >= 0.6 is 0 Å². The van der Waals surface area contributed by atoms with Gasteiger partial charge in [-0.3, -0.25) is 4.79 Å². The molecular formula is C14H11FN4O. The minimum Gasteiger partial charge on any atom is -0.399 e. The monoisotopic (exact) mass is 270 g/mol. The number of amides is 1. The van der Waals surface area contributed by atoms with Gasteiger partial charge >= 0.3 is 0 Å². The second kappa shape index (κ2) is 4.65. The number of H-pyrrole nitrogens is 1. The van der Waals surface area contributed by atoms with E-state index in [1.54, 1.807) is 24.4 Å². The average Bonchev–Trinajstić information content (AvgIpc) is 2.84. The van der Waals surface area contributed by atoms with Crippen molar-refractivity contribution in [1.29, 1.82) is 0 Å². The summed E-state index contributed by atoms with van der Waals surface area (Å²) >= 11 is 0. The molecule has 2 aromatic heterocycles. The fraction of sp³-hybridized carbons (Fsp3) is 0. The van der Waals surface area contributed by atoms with Crippen molar-refractivity contribution in [3.63, 3.8) is 0 Å². The predicted molar refractivity (Wildman–Crippen MR) is 74.9 cm³/mol. The topological polar surface area (TPSA) is 83.8 Å². The Hall–Kier alpha value is -2.89. The summed E-state index contributed by atoms with van der Waals surface area (Å²) in [7, 11) is 0. The normalized spacial score (nSPS) is 10.7. The molecule has 3 aromatic rings. The minimum absolute atomic E-state index is 0.293. The van der Waals surface area contributed by atoms with Crippen LogP contribution in [0.25, 0.3) is 10.9 Å². The lowest BCUT2D eigenvalue weighted by molar-refractivity contribution is 0.102. The van der Waals surface area contributed by atoms with Crippen molar-refractivity contribution in [2.24, 2.45) is 0 Å². The summed E-state index contributed by atoms with van der Waals surface area (Å²) in [6, 6.07) is 7.89. The highest BCUT2D eigenvalue weighted by Gasteiger charge is 2.12. The van der Waals surface area contributed by atoms with E-state index in [9.17, 15) is 9.18 Å². The molecule has 6 heteroatoms. The van der Waals surface area contributed by atoms with Crippen LogP contribution in [0.3, 0.4) is 0 Å². The first-order valence-corrected chi connectivity index (χ1v) is 5.93. The van der Waals surface area contributed by atoms with E-state index in [1.807, 2.05) is 0 Å². The van der Waals surface area contributed by atoms with Gasteiger partial charge in [-0.15, -0.1) is 0 Å².